The van der Waals surface area contributed by atoms with Crippen LogP contribution in [0.25, 0.3) is 12.2 Å². The van der Waals surface area contributed by atoms with Gasteiger partial charge in [-0.05, 0) is 112 Å². The molecule has 0 bridgehead atoms. The third-order valence-corrected chi connectivity index (χ3v) is 13.5. The minimum atomic E-state index is -4.86. The number of anilines is 10. The first-order chi connectivity index (χ1) is 33.1. The molecule has 372 valence electrons. The van der Waals surface area contributed by atoms with Gasteiger partial charge in [-0.3, -0.25) is 13.7 Å². The Balaban J connectivity index is 1.31. The van der Waals surface area contributed by atoms with Crippen molar-refractivity contribution >= 4 is 113 Å². The first-order valence-electron chi connectivity index (χ1n) is 21.0. The van der Waals surface area contributed by atoms with Crippen LogP contribution >= 0.6 is 12.0 Å². The fourth-order valence-corrected chi connectivity index (χ4v) is 8.99. The minimum Gasteiger partial charge on any atom is -0.341 e. The van der Waals surface area contributed by atoms with Gasteiger partial charge in [0.15, 0.2) is 0 Å². The van der Waals surface area contributed by atoms with Gasteiger partial charge in [-0.15, -0.1) is 4.33 Å². The fraction of sp³-hybridized carbons (Fsp3) is 0.238. The van der Waals surface area contributed by atoms with E-state index in [1.165, 1.54) is 66.7 Å². The molecule has 28 heteroatoms. The van der Waals surface area contributed by atoms with Crippen LogP contribution in [0.15, 0.2) is 92.4 Å². The van der Waals surface area contributed by atoms with E-state index in [1.54, 1.807) is 32.0 Å². The van der Waals surface area contributed by atoms with Crippen molar-refractivity contribution in [3.63, 3.8) is 0 Å². The summed E-state index contributed by atoms with van der Waals surface area (Å²) in [6.07, 6.45) is 2.93. The van der Waals surface area contributed by atoms with Crippen molar-refractivity contribution in [2.75, 3.05) is 57.2 Å². The summed E-state index contributed by atoms with van der Waals surface area (Å²) in [5.74, 6) is 0.395. The second-order valence-electron chi connectivity index (χ2n) is 14.9. The van der Waals surface area contributed by atoms with E-state index < -0.39 is 35.2 Å². The average molecular weight is 1040 g/mol. The molecule has 0 amide bonds. The van der Waals surface area contributed by atoms with Gasteiger partial charge >= 0.3 is 0 Å². The molecule has 70 heavy (non-hydrogen) atoms. The van der Waals surface area contributed by atoms with Gasteiger partial charge in [0.2, 0.25) is 35.7 Å². The number of benzene rings is 4. The van der Waals surface area contributed by atoms with Crippen molar-refractivity contribution in [1.29, 1.82) is 0 Å². The molecule has 6 aromatic rings. The Bertz CT molecular complexity index is 3250. The van der Waals surface area contributed by atoms with Crippen LogP contribution in [0.2, 0.25) is 0 Å². The third kappa shape index (κ3) is 13.6. The summed E-state index contributed by atoms with van der Waals surface area (Å²) in [5.41, 5.74) is 2.61. The van der Waals surface area contributed by atoms with Gasteiger partial charge < -0.3 is 31.1 Å². The lowest BCUT2D eigenvalue weighted by Crippen LogP contribution is -2.25. The summed E-state index contributed by atoms with van der Waals surface area (Å²) in [4.78, 5) is 29.6. The summed E-state index contributed by atoms with van der Waals surface area (Å²) in [5, 5.41) is 24.8. The van der Waals surface area contributed by atoms with Crippen molar-refractivity contribution in [1.82, 2.24) is 29.9 Å². The lowest BCUT2D eigenvalue weighted by atomic mass is 10.1. The molecule has 4 aromatic carbocycles. The Kier molecular flexibility index (Phi) is 16.9. The van der Waals surface area contributed by atoms with Crippen LogP contribution in [-0.4, -0.2) is 100 Å². The molecule has 0 aliphatic heterocycles. The Morgan fingerprint density at radius 1 is 0.557 bits per heavy atom. The van der Waals surface area contributed by atoms with Gasteiger partial charge in [0.1, 0.15) is 9.79 Å². The van der Waals surface area contributed by atoms with E-state index in [4.69, 9.17) is 9.59 Å². The Morgan fingerprint density at radius 2 is 1.06 bits per heavy atom. The molecular formula is C42H48N12O12S4. The van der Waals surface area contributed by atoms with Crippen LogP contribution in [0, 0.1) is 13.8 Å². The van der Waals surface area contributed by atoms with Crippen molar-refractivity contribution < 1.29 is 53.5 Å². The molecule has 0 atom stereocenters. The minimum absolute atomic E-state index is 0.00977. The van der Waals surface area contributed by atoms with E-state index in [0.717, 1.165) is 0 Å². The second-order valence-corrected chi connectivity index (χ2v) is 19.8. The molecule has 0 aliphatic rings. The molecule has 0 spiro atoms. The smallest absolute Gasteiger partial charge is 0.296 e. The molecule has 0 aliphatic carbocycles. The molecular weight excluding hydrogens is 993 g/mol. The van der Waals surface area contributed by atoms with Crippen LogP contribution in [0.5, 0.6) is 0 Å². The van der Waals surface area contributed by atoms with Gasteiger partial charge in [-0.1, -0.05) is 41.5 Å². The van der Waals surface area contributed by atoms with E-state index in [1.807, 2.05) is 37.5 Å². The van der Waals surface area contributed by atoms with Crippen LogP contribution in [0.3, 0.4) is 0 Å². The Hall–Kier alpha value is -6.60. The molecule has 24 nitrogen and oxygen atoms in total. The largest absolute Gasteiger partial charge is 0.341 e. The van der Waals surface area contributed by atoms with E-state index in [0.29, 0.717) is 65.5 Å². The van der Waals surface area contributed by atoms with Crippen molar-refractivity contribution in [3.05, 3.63) is 95.1 Å². The maximum Gasteiger partial charge on any atom is 0.296 e. The number of nitrogens with zero attached hydrogens (tertiary/aromatic N) is 8. The van der Waals surface area contributed by atoms with Crippen molar-refractivity contribution in [2.24, 2.45) is 0 Å². The SMILES string of the molecule is CCN(CC)c1nc(Nc2ccc(/C=C/c3ccc(Nc4nc(Nc5cc(C)ccc5S(=O)(=O)O)nc(N(CC)CC)n4)cc3SOOO)c(S(=O)(=O)O)c2)nc(Nc2cc(S(=O)(=O)O)ccc2C)n1. The number of hydrogen-bond donors (Lipinski definition) is 8. The maximum atomic E-state index is 12.8. The van der Waals surface area contributed by atoms with Gasteiger partial charge in [-0.2, -0.15) is 55.2 Å². The molecule has 0 fully saturated rings. The quantitative estimate of drug-likeness (QED) is 0.0106. The second kappa shape index (κ2) is 22.4. The van der Waals surface area contributed by atoms with Crippen LogP contribution in [0.4, 0.5) is 58.4 Å². The highest BCUT2D eigenvalue weighted by atomic mass is 32.2. The lowest BCUT2D eigenvalue weighted by Gasteiger charge is -2.20. The van der Waals surface area contributed by atoms with Crippen LogP contribution in [-0.2, 0) is 39.7 Å². The predicted octanol–water partition coefficient (Wildman–Crippen LogP) is 7.68. The van der Waals surface area contributed by atoms with Crippen molar-refractivity contribution in [3.8, 4) is 0 Å². The van der Waals surface area contributed by atoms with E-state index in [-0.39, 0.29) is 68.1 Å². The zero-order valence-electron chi connectivity index (χ0n) is 38.2. The normalized spacial score (nSPS) is 12.0. The number of hydrogen-bond acceptors (Lipinski definition) is 22. The zero-order valence-corrected chi connectivity index (χ0v) is 41.4. The number of aryl methyl sites for hydroxylation is 2. The Labute approximate surface area is 408 Å². The first-order valence-corrected chi connectivity index (χ1v) is 26.0. The molecule has 0 saturated heterocycles. The number of rotatable bonds is 22. The van der Waals surface area contributed by atoms with Gasteiger partial charge in [0.25, 0.3) is 30.4 Å². The molecule has 0 unspecified atom stereocenters. The van der Waals surface area contributed by atoms with E-state index >= 15 is 0 Å². The lowest BCUT2D eigenvalue weighted by molar-refractivity contribution is -0.432. The van der Waals surface area contributed by atoms with E-state index in [2.05, 4.69) is 56.2 Å². The standard InChI is InChI=1S/C42H48N12O12S4/c1-7-53(8-2)41-50-38(47-39(51-41)45-32-24-31(68(56,57)58)19-12-26(32)6)44-30-18-16-28(36(23-30)70(62,63)64)14-13-27-15-17-29(22-34(27)67-66-65-55)43-37-48-40(52-42(49-37)54(9-3)10-4)46-33-21-25(5)11-20-35(33)69(59,60)61/h11-24,55H,7-10H2,1-6H3,(H,56,57,58)(H,59,60,61)(H,62,63,64)(H2,43,46,48,49,52)(H2,44,45,47,50,51)/b14-13+. The van der Waals surface area contributed by atoms with E-state index in [9.17, 15) is 38.9 Å². The van der Waals surface area contributed by atoms with Gasteiger partial charge in [0, 0.05) is 48.1 Å². The summed E-state index contributed by atoms with van der Waals surface area (Å²) >= 11 is 0.595. The number of aromatic nitrogens is 6. The number of nitrogens with one attached hydrogen (secondary N) is 4. The van der Waals surface area contributed by atoms with Crippen LogP contribution in [0.1, 0.15) is 49.9 Å². The average Bonchev–Trinajstić information content (AvgIpc) is 3.28. The first kappa shape index (κ1) is 52.8. The summed E-state index contributed by atoms with van der Waals surface area (Å²) < 4.78 is 108. The third-order valence-electron chi connectivity index (χ3n) is 10.2. The predicted molar refractivity (Wildman–Crippen MR) is 264 cm³/mol. The van der Waals surface area contributed by atoms with Gasteiger partial charge in [-0.25, -0.2) is 5.26 Å². The molecule has 2 heterocycles. The highest BCUT2D eigenvalue weighted by Crippen LogP contribution is 2.33. The van der Waals surface area contributed by atoms with Crippen LogP contribution < -0.4 is 31.1 Å². The Morgan fingerprint density at radius 3 is 1.57 bits per heavy atom. The fourth-order valence-electron chi connectivity index (χ4n) is 6.64. The molecule has 0 radical (unpaired) electrons. The highest BCUT2D eigenvalue weighted by Gasteiger charge is 2.21. The molecule has 0 saturated carbocycles. The summed E-state index contributed by atoms with van der Waals surface area (Å²) in [6.45, 7) is 13.0. The van der Waals surface area contributed by atoms with Gasteiger partial charge in [0.05, 0.1) is 22.6 Å². The monoisotopic (exact) mass is 1040 g/mol. The topological polar surface area (TPSA) is 334 Å². The maximum absolute atomic E-state index is 12.8. The molecule has 8 N–H and O–H groups in total. The van der Waals surface area contributed by atoms with Crippen molar-refractivity contribution in [2.45, 2.75) is 61.1 Å². The molecule has 2 aromatic heterocycles. The summed E-state index contributed by atoms with van der Waals surface area (Å²) in [7, 11) is -14.0. The molecule has 6 rings (SSSR count). The zero-order chi connectivity index (χ0) is 51.0. The summed E-state index contributed by atoms with van der Waals surface area (Å²) in [6, 6.07) is 17.2. The highest BCUT2D eigenvalue weighted by molar-refractivity contribution is 7.94.